The largest absolute Gasteiger partial charge is 0.338 e. The zero-order chi connectivity index (χ0) is 14.9. The number of carbonyl (C=O) groups excluding carboxylic acids is 2. The highest BCUT2D eigenvalue weighted by atomic mass is 19.1. The molecule has 0 saturated carbocycles. The molecule has 0 aromatic heterocycles. The number of ketones is 1. The van der Waals surface area contributed by atoms with Crippen LogP contribution < -0.4 is 0 Å². The summed E-state index contributed by atoms with van der Waals surface area (Å²) in [5.41, 5.74) is -1.77. The normalized spacial score (nSPS) is 15.3. The van der Waals surface area contributed by atoms with E-state index < -0.39 is 33.7 Å². The zero-order valence-electron chi connectivity index (χ0n) is 10.3. The first-order valence-corrected chi connectivity index (χ1v) is 5.84. The summed E-state index contributed by atoms with van der Waals surface area (Å²) in [6.07, 6.45) is 0.287. The van der Waals surface area contributed by atoms with Crippen LogP contribution in [0.5, 0.6) is 0 Å². The molecule has 0 N–H and O–H groups in total. The molecular formula is C12H10F2N2O4. The van der Waals surface area contributed by atoms with Crippen LogP contribution in [0, 0.1) is 21.7 Å². The van der Waals surface area contributed by atoms with Gasteiger partial charge in [-0.25, -0.2) is 4.39 Å². The van der Waals surface area contributed by atoms with Gasteiger partial charge in [0.1, 0.15) is 11.6 Å². The Bertz CT molecular complexity index is 593. The summed E-state index contributed by atoms with van der Waals surface area (Å²) in [7, 11) is 0. The number of hydrogen-bond donors (Lipinski definition) is 0. The number of carbonyl (C=O) groups is 2. The lowest BCUT2D eigenvalue weighted by Crippen LogP contribution is -2.39. The molecule has 2 rings (SSSR count). The number of nitro benzene ring substituents is 1. The molecule has 1 aliphatic heterocycles. The minimum absolute atomic E-state index is 0.0141. The second-order valence-corrected chi connectivity index (χ2v) is 4.37. The maximum atomic E-state index is 13.9. The maximum Gasteiger partial charge on any atom is 0.308 e. The van der Waals surface area contributed by atoms with Gasteiger partial charge in [-0.2, -0.15) is 4.39 Å². The Balaban J connectivity index is 2.34. The summed E-state index contributed by atoms with van der Waals surface area (Å²) in [4.78, 5) is 33.8. The smallest absolute Gasteiger partial charge is 0.308 e. The molecule has 0 radical (unpaired) electrons. The van der Waals surface area contributed by atoms with Gasteiger partial charge < -0.3 is 4.90 Å². The van der Waals surface area contributed by atoms with Crippen LogP contribution in [0.3, 0.4) is 0 Å². The van der Waals surface area contributed by atoms with E-state index in [1.165, 1.54) is 4.90 Å². The molecule has 1 amide bonds. The quantitative estimate of drug-likeness (QED) is 0.611. The van der Waals surface area contributed by atoms with Crippen LogP contribution in [0.4, 0.5) is 14.5 Å². The van der Waals surface area contributed by atoms with Gasteiger partial charge in [0.25, 0.3) is 5.91 Å². The number of Topliss-reactive ketones (excluding diaryl/α,β-unsaturated/α-hetero) is 1. The average molecular weight is 284 g/mol. The van der Waals surface area contributed by atoms with Crippen molar-refractivity contribution >= 4 is 17.4 Å². The fraction of sp³-hybridized carbons (Fsp3) is 0.333. The van der Waals surface area contributed by atoms with Crippen LogP contribution >= 0.6 is 0 Å². The number of nitro groups is 1. The molecule has 1 aliphatic rings. The SMILES string of the molecule is O=C1CCN(C(=O)c2cc(F)cc([N+](=O)[O-])c2F)CC1. The number of piperidine rings is 1. The molecule has 0 atom stereocenters. The number of likely N-dealkylation sites (tertiary alicyclic amines) is 1. The molecule has 1 aromatic rings. The minimum Gasteiger partial charge on any atom is -0.338 e. The van der Waals surface area contributed by atoms with Crippen LogP contribution in [-0.4, -0.2) is 34.6 Å². The second-order valence-electron chi connectivity index (χ2n) is 4.37. The molecule has 0 spiro atoms. The molecule has 1 fully saturated rings. The van der Waals surface area contributed by atoms with Crippen molar-refractivity contribution in [2.45, 2.75) is 12.8 Å². The van der Waals surface area contributed by atoms with Crippen LogP contribution in [0.1, 0.15) is 23.2 Å². The molecule has 106 valence electrons. The van der Waals surface area contributed by atoms with Crippen molar-refractivity contribution in [1.29, 1.82) is 0 Å². The Hall–Kier alpha value is -2.38. The molecule has 8 heteroatoms. The summed E-state index contributed by atoms with van der Waals surface area (Å²) in [5, 5.41) is 10.6. The summed E-state index contributed by atoms with van der Waals surface area (Å²) < 4.78 is 27.1. The van der Waals surface area contributed by atoms with E-state index in [0.717, 1.165) is 0 Å². The van der Waals surface area contributed by atoms with Gasteiger partial charge in [0.05, 0.1) is 16.6 Å². The summed E-state index contributed by atoms with van der Waals surface area (Å²) in [6, 6.07) is 1.05. The van der Waals surface area contributed by atoms with E-state index in [4.69, 9.17) is 0 Å². The first-order chi connectivity index (χ1) is 9.40. The third-order valence-electron chi connectivity index (χ3n) is 3.05. The molecular weight excluding hydrogens is 274 g/mol. The predicted molar refractivity (Wildman–Crippen MR) is 63.2 cm³/mol. The highest BCUT2D eigenvalue weighted by Gasteiger charge is 2.29. The van der Waals surface area contributed by atoms with Gasteiger partial charge in [0, 0.05) is 25.9 Å². The van der Waals surface area contributed by atoms with Crippen molar-refractivity contribution in [2.75, 3.05) is 13.1 Å². The fourth-order valence-electron chi connectivity index (χ4n) is 1.99. The van der Waals surface area contributed by atoms with Crippen molar-refractivity contribution in [3.63, 3.8) is 0 Å². The van der Waals surface area contributed by atoms with Crippen LogP contribution in [-0.2, 0) is 4.79 Å². The van der Waals surface area contributed by atoms with Crippen molar-refractivity contribution in [2.24, 2.45) is 0 Å². The molecule has 20 heavy (non-hydrogen) atoms. The Morgan fingerprint density at radius 2 is 1.85 bits per heavy atom. The van der Waals surface area contributed by atoms with E-state index in [1.807, 2.05) is 0 Å². The van der Waals surface area contributed by atoms with Crippen LogP contribution in [0.25, 0.3) is 0 Å². The number of nitrogens with zero attached hydrogens (tertiary/aromatic N) is 2. The van der Waals surface area contributed by atoms with E-state index in [0.29, 0.717) is 12.1 Å². The Morgan fingerprint density at radius 3 is 2.40 bits per heavy atom. The number of rotatable bonds is 2. The van der Waals surface area contributed by atoms with Gasteiger partial charge in [-0.15, -0.1) is 0 Å². The van der Waals surface area contributed by atoms with Crippen molar-refractivity contribution in [3.05, 3.63) is 39.4 Å². The lowest BCUT2D eigenvalue weighted by Gasteiger charge is -2.26. The lowest BCUT2D eigenvalue weighted by molar-refractivity contribution is -0.387. The topological polar surface area (TPSA) is 80.5 Å². The van der Waals surface area contributed by atoms with Gasteiger partial charge in [0.2, 0.25) is 5.82 Å². The van der Waals surface area contributed by atoms with E-state index in [-0.39, 0.29) is 31.7 Å². The van der Waals surface area contributed by atoms with Gasteiger partial charge in [0.15, 0.2) is 0 Å². The summed E-state index contributed by atoms with van der Waals surface area (Å²) in [5.74, 6) is -3.29. The minimum atomic E-state index is -1.36. The molecule has 1 saturated heterocycles. The summed E-state index contributed by atoms with van der Waals surface area (Å²) >= 11 is 0. The van der Waals surface area contributed by atoms with Crippen LogP contribution in [0.2, 0.25) is 0 Å². The fourth-order valence-corrected chi connectivity index (χ4v) is 1.99. The standard InChI is InChI=1S/C12H10F2N2O4/c13-7-5-9(11(14)10(6-7)16(19)20)12(18)15-3-1-8(17)2-4-15/h5-6H,1-4H2. The van der Waals surface area contributed by atoms with E-state index in [2.05, 4.69) is 0 Å². The van der Waals surface area contributed by atoms with Gasteiger partial charge in [-0.05, 0) is 6.07 Å². The third kappa shape index (κ3) is 2.63. The van der Waals surface area contributed by atoms with E-state index in [9.17, 15) is 28.5 Å². The van der Waals surface area contributed by atoms with Crippen molar-refractivity contribution < 1.29 is 23.3 Å². The Kier molecular flexibility index (Phi) is 3.73. The predicted octanol–water partition coefficient (Wildman–Crippen LogP) is 1.68. The van der Waals surface area contributed by atoms with Gasteiger partial charge in [-0.1, -0.05) is 0 Å². The van der Waals surface area contributed by atoms with E-state index >= 15 is 0 Å². The number of hydrogen-bond acceptors (Lipinski definition) is 4. The molecule has 0 unspecified atom stereocenters. The summed E-state index contributed by atoms with van der Waals surface area (Å²) in [6.45, 7) is 0.197. The molecule has 0 bridgehead atoms. The maximum absolute atomic E-state index is 13.9. The van der Waals surface area contributed by atoms with Crippen molar-refractivity contribution in [1.82, 2.24) is 4.90 Å². The zero-order valence-corrected chi connectivity index (χ0v) is 10.3. The molecule has 1 heterocycles. The van der Waals surface area contributed by atoms with Gasteiger partial charge >= 0.3 is 5.69 Å². The molecule has 0 aliphatic carbocycles. The van der Waals surface area contributed by atoms with Gasteiger partial charge in [-0.3, -0.25) is 19.7 Å². The molecule has 6 nitrogen and oxygen atoms in total. The highest BCUT2D eigenvalue weighted by Crippen LogP contribution is 2.24. The first-order valence-electron chi connectivity index (χ1n) is 5.84. The highest BCUT2D eigenvalue weighted by molar-refractivity contribution is 5.96. The lowest BCUT2D eigenvalue weighted by atomic mass is 10.1. The monoisotopic (exact) mass is 284 g/mol. The number of amides is 1. The van der Waals surface area contributed by atoms with Crippen molar-refractivity contribution in [3.8, 4) is 0 Å². The van der Waals surface area contributed by atoms with Crippen LogP contribution in [0.15, 0.2) is 12.1 Å². The Morgan fingerprint density at radius 1 is 1.25 bits per heavy atom. The number of benzene rings is 1. The number of halogens is 2. The molecule has 1 aromatic carbocycles. The third-order valence-corrected chi connectivity index (χ3v) is 3.05. The average Bonchev–Trinajstić information content (AvgIpc) is 2.41. The first kappa shape index (κ1) is 14.0. The van der Waals surface area contributed by atoms with E-state index in [1.54, 1.807) is 0 Å². The second kappa shape index (κ2) is 5.32. The Labute approximate surface area is 112 Å².